The fourth-order valence-electron chi connectivity index (χ4n) is 6.19. The van der Waals surface area contributed by atoms with Crippen LogP contribution in [0.25, 0.3) is 0 Å². The Hall–Kier alpha value is -1.77. The molecule has 1 saturated heterocycles. The summed E-state index contributed by atoms with van der Waals surface area (Å²) >= 11 is 6.19. The fraction of sp³-hybridized carbons (Fsp3) is 0.480. The minimum atomic E-state index is -3.57. The zero-order valence-electron chi connectivity index (χ0n) is 19.2. The van der Waals surface area contributed by atoms with E-state index in [0.717, 1.165) is 47.7 Å². The number of piperidine rings is 1. The summed E-state index contributed by atoms with van der Waals surface area (Å²) in [5.41, 5.74) is 3.97. The van der Waals surface area contributed by atoms with Gasteiger partial charge in [0.05, 0.1) is 7.05 Å². The second-order valence-corrected chi connectivity index (χ2v) is 12.3. The molecule has 0 radical (unpaired) electrons. The summed E-state index contributed by atoms with van der Waals surface area (Å²) in [4.78, 5) is 3.75. The second-order valence-electron chi connectivity index (χ2n) is 10.1. The van der Waals surface area contributed by atoms with Crippen LogP contribution in [0.5, 0.6) is 0 Å². The summed E-state index contributed by atoms with van der Waals surface area (Å²) in [6.07, 6.45) is 13.2. The van der Waals surface area contributed by atoms with Crippen LogP contribution in [0.1, 0.15) is 44.6 Å². The molecule has 1 aromatic carbocycles. The van der Waals surface area contributed by atoms with Crippen LogP contribution < -0.4 is 19.9 Å². The third-order valence-electron chi connectivity index (χ3n) is 8.03. The first-order chi connectivity index (χ1) is 15.7. The van der Waals surface area contributed by atoms with Crippen LogP contribution in [0, 0.1) is 5.41 Å². The lowest BCUT2D eigenvalue weighted by Gasteiger charge is -2.58. The monoisotopic (exact) mass is 488 g/mol. The molecular weight excluding hydrogens is 456 g/mol. The van der Waals surface area contributed by atoms with Gasteiger partial charge in [0.1, 0.15) is 0 Å². The Labute approximate surface area is 201 Å². The summed E-state index contributed by atoms with van der Waals surface area (Å²) in [6, 6.07) is 8.68. The molecule has 2 aliphatic heterocycles. The third kappa shape index (κ3) is 4.04. The maximum Gasteiger partial charge on any atom is 0.368 e. The van der Waals surface area contributed by atoms with Crippen molar-refractivity contribution in [3.63, 3.8) is 0 Å². The van der Waals surface area contributed by atoms with Crippen LogP contribution >= 0.6 is 11.6 Å². The molecule has 0 bridgehead atoms. The Kier molecular flexibility index (Phi) is 5.90. The van der Waals surface area contributed by atoms with Crippen LogP contribution in [0.4, 0.5) is 0 Å². The molecule has 176 valence electrons. The fourth-order valence-corrected chi connectivity index (χ4v) is 7.40. The lowest BCUT2D eigenvalue weighted by molar-refractivity contribution is -0.722. The number of halogens is 1. The summed E-state index contributed by atoms with van der Waals surface area (Å²) < 4.78 is 28.3. The average Bonchev–Trinajstić information content (AvgIpc) is 3.20. The molecule has 3 unspecified atom stereocenters. The molecule has 33 heavy (non-hydrogen) atoms. The van der Waals surface area contributed by atoms with E-state index in [-0.39, 0.29) is 15.9 Å². The normalized spacial score (nSPS) is 30.7. The van der Waals surface area contributed by atoms with E-state index in [4.69, 9.17) is 11.6 Å². The first-order valence-electron chi connectivity index (χ1n) is 11.8. The van der Waals surface area contributed by atoms with Crippen LogP contribution in [0.3, 0.4) is 0 Å². The standard InChI is InChI=1S/C25H31ClN4O2S/c1-24-14-18(15-29-33(31,32)22-16-30(2)17-28-22)4-5-19(24)10-13-27-23(24)25(11-3-12-25)20-6-8-21(26)9-7-20/h4-9,16-17,23,27,29H,3,10-15H2,1-2H3/p+2. The van der Waals surface area contributed by atoms with E-state index in [0.29, 0.717) is 12.6 Å². The van der Waals surface area contributed by atoms with Gasteiger partial charge < -0.3 is 5.32 Å². The largest absolute Gasteiger partial charge is 0.368 e. The molecule has 5 rings (SSSR count). The topological polar surface area (TPSA) is 76.6 Å². The number of benzene rings is 1. The third-order valence-corrected chi connectivity index (χ3v) is 9.62. The lowest BCUT2D eigenvalue weighted by Crippen LogP contribution is -3.05. The number of allylic oxidation sites excluding steroid dienone is 2. The SMILES string of the molecule is C[NH+]1C=[NH+]C(S(=O)(=O)NCC2=CC=C3CCNC(C4(c5ccc(Cl)cc5)CCC4)C3(C)C2)=C1. The summed E-state index contributed by atoms with van der Waals surface area (Å²) in [7, 11) is -1.69. The molecule has 0 spiro atoms. The predicted octanol–water partition coefficient (Wildman–Crippen LogP) is 0.742. The lowest BCUT2D eigenvalue weighted by atomic mass is 9.50. The van der Waals surface area contributed by atoms with Crippen LogP contribution in [-0.2, 0) is 15.4 Å². The maximum atomic E-state index is 12.7. The van der Waals surface area contributed by atoms with E-state index in [1.54, 1.807) is 12.5 Å². The zero-order chi connectivity index (χ0) is 23.3. The zero-order valence-corrected chi connectivity index (χ0v) is 20.8. The van der Waals surface area contributed by atoms with Gasteiger partial charge in [0.15, 0.2) is 6.20 Å². The minimum Gasteiger partial charge on any atom is -0.312 e. The average molecular weight is 489 g/mol. The number of fused-ring (bicyclic) bond motifs is 1. The van der Waals surface area contributed by atoms with Crippen molar-refractivity contribution < 1.29 is 18.3 Å². The van der Waals surface area contributed by atoms with Crippen molar-refractivity contribution in [1.82, 2.24) is 10.0 Å². The number of quaternary nitrogens is 1. The first kappa shape index (κ1) is 23.0. The van der Waals surface area contributed by atoms with Crippen LogP contribution in [-0.4, -0.2) is 40.9 Å². The Morgan fingerprint density at radius 1 is 1.24 bits per heavy atom. The quantitative estimate of drug-likeness (QED) is 0.477. The number of nitrogens with one attached hydrogen (secondary N) is 4. The van der Waals surface area contributed by atoms with Crippen molar-refractivity contribution in [2.45, 2.75) is 50.5 Å². The molecule has 6 nitrogen and oxygen atoms in total. The van der Waals surface area contributed by atoms with Gasteiger partial charge in [-0.1, -0.05) is 60.4 Å². The highest BCUT2D eigenvalue weighted by Crippen LogP contribution is 2.56. The minimum absolute atomic E-state index is 0.0587. The Balaban J connectivity index is 1.39. The van der Waals surface area contributed by atoms with Gasteiger partial charge in [0, 0.05) is 28.4 Å². The van der Waals surface area contributed by atoms with E-state index < -0.39 is 10.0 Å². The van der Waals surface area contributed by atoms with Gasteiger partial charge in [-0.2, -0.15) is 0 Å². The van der Waals surface area contributed by atoms with Gasteiger partial charge in [0.25, 0.3) is 0 Å². The number of rotatable bonds is 6. The Morgan fingerprint density at radius 3 is 2.64 bits per heavy atom. The Morgan fingerprint density at radius 2 is 2.00 bits per heavy atom. The molecule has 2 fully saturated rings. The van der Waals surface area contributed by atoms with E-state index >= 15 is 0 Å². The van der Waals surface area contributed by atoms with Gasteiger partial charge in [-0.25, -0.2) is 18.0 Å². The molecule has 0 aromatic heterocycles. The highest BCUT2D eigenvalue weighted by atomic mass is 35.5. The maximum absolute atomic E-state index is 12.7. The van der Waals surface area contributed by atoms with Gasteiger partial charge in [-0.3, -0.25) is 0 Å². The molecule has 2 aliphatic carbocycles. The number of hydrogen-bond donors (Lipinski definition) is 4. The predicted molar refractivity (Wildman–Crippen MR) is 131 cm³/mol. The molecule has 3 atom stereocenters. The van der Waals surface area contributed by atoms with Gasteiger partial charge >= 0.3 is 21.4 Å². The van der Waals surface area contributed by atoms with Crippen LogP contribution in [0.2, 0.25) is 5.02 Å². The van der Waals surface area contributed by atoms with Crippen molar-refractivity contribution in [1.29, 1.82) is 0 Å². The van der Waals surface area contributed by atoms with E-state index in [9.17, 15) is 8.42 Å². The highest BCUT2D eigenvalue weighted by molar-refractivity contribution is 7.93. The summed E-state index contributed by atoms with van der Waals surface area (Å²) in [5, 5.41) is 4.87. The van der Waals surface area contributed by atoms with Crippen LogP contribution in [0.15, 0.2) is 58.8 Å². The molecule has 0 amide bonds. The van der Waals surface area contributed by atoms with Crippen molar-refractivity contribution >= 4 is 28.0 Å². The molecule has 4 aliphatic rings. The van der Waals surface area contributed by atoms with Crippen molar-refractivity contribution in [2.24, 2.45) is 5.41 Å². The number of sulfonamides is 1. The second kappa shape index (κ2) is 8.47. The van der Waals surface area contributed by atoms with E-state index in [1.807, 2.05) is 19.2 Å². The first-order valence-corrected chi connectivity index (χ1v) is 13.6. The van der Waals surface area contributed by atoms with Crippen molar-refractivity contribution in [2.75, 3.05) is 20.1 Å². The highest BCUT2D eigenvalue weighted by Gasteiger charge is 2.55. The summed E-state index contributed by atoms with van der Waals surface area (Å²) in [5.74, 6) is 0. The van der Waals surface area contributed by atoms with E-state index in [2.05, 4.69) is 46.2 Å². The molecular formula is C25H33ClN4O2S+2. The van der Waals surface area contributed by atoms with Crippen molar-refractivity contribution in [3.8, 4) is 0 Å². The molecule has 1 saturated carbocycles. The molecule has 2 heterocycles. The van der Waals surface area contributed by atoms with Gasteiger partial charge in [-0.15, -0.1) is 4.99 Å². The number of hydrogen-bond acceptors (Lipinski definition) is 3. The molecule has 4 N–H and O–H groups in total. The molecule has 8 heteroatoms. The van der Waals surface area contributed by atoms with Gasteiger partial charge in [-0.05, 0) is 49.9 Å². The van der Waals surface area contributed by atoms with Gasteiger partial charge in [0.2, 0.25) is 0 Å². The van der Waals surface area contributed by atoms with E-state index in [1.165, 1.54) is 17.6 Å². The Bertz CT molecular complexity index is 1170. The van der Waals surface area contributed by atoms with Crippen molar-refractivity contribution in [3.05, 3.63) is 69.4 Å². The molecule has 1 aromatic rings. The summed E-state index contributed by atoms with van der Waals surface area (Å²) in [6.45, 7) is 3.66. The smallest absolute Gasteiger partial charge is 0.312 e.